The van der Waals surface area contributed by atoms with E-state index in [1.807, 2.05) is 0 Å². The van der Waals surface area contributed by atoms with Crippen LogP contribution in [0.1, 0.15) is 50.7 Å². The number of hydrogen-bond donors (Lipinski definition) is 0. The van der Waals surface area contributed by atoms with Crippen molar-refractivity contribution in [1.82, 2.24) is 0 Å². The molecule has 1 rings (SSSR count). The first kappa shape index (κ1) is 10.9. The first-order valence-electron chi connectivity index (χ1n) is 5.12. The first-order valence-corrected chi connectivity index (χ1v) is 5.12. The van der Waals surface area contributed by atoms with Crippen molar-refractivity contribution < 1.29 is 0 Å². The normalized spacial score (nSPS) is 11.4. The van der Waals surface area contributed by atoms with Crippen LogP contribution >= 0.6 is 0 Å². The SMILES string of the molecule is [Li][c]1cc(C(C)C)cc(C(C)C)c1. The Morgan fingerprint density at radius 1 is 0.846 bits per heavy atom. The average Bonchev–Trinajstić information content (AvgIpc) is 2.03. The van der Waals surface area contributed by atoms with Gasteiger partial charge in [0.1, 0.15) is 0 Å². The molecule has 0 fully saturated rings. The van der Waals surface area contributed by atoms with Gasteiger partial charge in [0.25, 0.3) is 0 Å². The molecular formula is C12H17Li. The summed E-state index contributed by atoms with van der Waals surface area (Å²) < 4.78 is 1.38. The zero-order valence-electron chi connectivity index (χ0n) is 9.39. The van der Waals surface area contributed by atoms with Gasteiger partial charge in [-0.1, -0.05) is 0 Å². The van der Waals surface area contributed by atoms with Crippen LogP contribution in [-0.4, -0.2) is 17.7 Å². The third-order valence-corrected chi connectivity index (χ3v) is 2.46. The third-order valence-electron chi connectivity index (χ3n) is 2.46. The summed E-state index contributed by atoms with van der Waals surface area (Å²) in [5.41, 5.74) is 2.92. The first-order chi connectivity index (χ1) is 6.00. The topological polar surface area (TPSA) is 0 Å². The molecule has 0 saturated carbocycles. The number of rotatable bonds is 2. The second kappa shape index (κ2) is 4.36. The van der Waals surface area contributed by atoms with Crippen LogP contribution in [0.15, 0.2) is 18.2 Å². The fourth-order valence-corrected chi connectivity index (χ4v) is 1.51. The molecule has 0 radical (unpaired) electrons. The predicted molar refractivity (Wildman–Crippen MR) is 60.0 cm³/mol. The van der Waals surface area contributed by atoms with Crippen molar-refractivity contribution in [3.63, 3.8) is 0 Å². The molecule has 0 aliphatic carbocycles. The zero-order chi connectivity index (χ0) is 10.0. The molecular weight excluding hydrogens is 151 g/mol. The molecule has 0 unspecified atom stereocenters. The molecule has 0 spiro atoms. The fourth-order valence-electron chi connectivity index (χ4n) is 1.51. The molecule has 0 nitrogen and oxygen atoms in total. The molecule has 1 heteroatoms. The van der Waals surface area contributed by atoms with Crippen LogP contribution in [0.4, 0.5) is 0 Å². The van der Waals surface area contributed by atoms with Crippen LogP contribution in [0, 0.1) is 0 Å². The maximum atomic E-state index is 2.34. The quantitative estimate of drug-likeness (QED) is 0.595. The van der Waals surface area contributed by atoms with E-state index in [0.29, 0.717) is 11.8 Å². The summed E-state index contributed by atoms with van der Waals surface area (Å²) in [7, 11) is 0. The fraction of sp³-hybridized carbons (Fsp3) is 0.500. The van der Waals surface area contributed by atoms with Crippen molar-refractivity contribution in [1.29, 1.82) is 0 Å². The molecule has 0 heterocycles. The Morgan fingerprint density at radius 2 is 1.23 bits per heavy atom. The summed E-state index contributed by atoms with van der Waals surface area (Å²) in [4.78, 5) is 0. The van der Waals surface area contributed by atoms with Gasteiger partial charge in [-0.2, -0.15) is 0 Å². The van der Waals surface area contributed by atoms with Crippen molar-refractivity contribution in [3.05, 3.63) is 29.3 Å². The molecule has 0 aromatic heterocycles. The van der Waals surface area contributed by atoms with E-state index in [2.05, 4.69) is 63.6 Å². The van der Waals surface area contributed by atoms with Gasteiger partial charge in [-0.3, -0.25) is 0 Å². The van der Waals surface area contributed by atoms with E-state index in [4.69, 9.17) is 0 Å². The Kier molecular flexibility index (Phi) is 3.65. The molecule has 0 amide bonds. The average molecular weight is 168 g/mol. The Hall–Kier alpha value is -0.183. The van der Waals surface area contributed by atoms with E-state index in [9.17, 15) is 0 Å². The molecule has 1 aromatic carbocycles. The van der Waals surface area contributed by atoms with Crippen molar-refractivity contribution in [2.24, 2.45) is 0 Å². The van der Waals surface area contributed by atoms with Gasteiger partial charge in [0.15, 0.2) is 0 Å². The van der Waals surface area contributed by atoms with E-state index in [1.54, 1.807) is 0 Å². The Labute approximate surface area is 90.9 Å². The van der Waals surface area contributed by atoms with E-state index in [0.717, 1.165) is 0 Å². The molecule has 13 heavy (non-hydrogen) atoms. The summed E-state index contributed by atoms with van der Waals surface area (Å²) >= 11 is 2.18. The van der Waals surface area contributed by atoms with Gasteiger partial charge in [0.2, 0.25) is 0 Å². The van der Waals surface area contributed by atoms with Gasteiger partial charge in [-0.25, -0.2) is 0 Å². The maximum absolute atomic E-state index is 2.34. The van der Waals surface area contributed by atoms with Crippen molar-refractivity contribution in [2.45, 2.75) is 39.5 Å². The Morgan fingerprint density at radius 3 is 1.54 bits per heavy atom. The van der Waals surface area contributed by atoms with Crippen LogP contribution in [0.2, 0.25) is 0 Å². The molecule has 66 valence electrons. The predicted octanol–water partition coefficient (Wildman–Crippen LogP) is 2.73. The minimum absolute atomic E-state index is 0.636. The number of benzene rings is 1. The monoisotopic (exact) mass is 168 g/mol. The van der Waals surface area contributed by atoms with E-state index in [1.165, 1.54) is 15.4 Å². The molecule has 0 aliphatic heterocycles. The standard InChI is InChI=1S/C12H17.Li/c1-9(2)11-6-5-7-12(8-11)10(3)4;/h6-10H,1-4H3;. The van der Waals surface area contributed by atoms with Gasteiger partial charge in [0, 0.05) is 0 Å². The minimum atomic E-state index is 0.636. The van der Waals surface area contributed by atoms with Crippen molar-refractivity contribution in [2.75, 3.05) is 0 Å². The van der Waals surface area contributed by atoms with E-state index < -0.39 is 0 Å². The van der Waals surface area contributed by atoms with Crippen LogP contribution in [0.25, 0.3) is 0 Å². The number of hydrogen-bond acceptors (Lipinski definition) is 0. The van der Waals surface area contributed by atoms with Gasteiger partial charge in [-0.15, -0.1) is 0 Å². The molecule has 0 bridgehead atoms. The van der Waals surface area contributed by atoms with E-state index >= 15 is 0 Å². The van der Waals surface area contributed by atoms with Crippen molar-refractivity contribution in [3.8, 4) is 0 Å². The zero-order valence-corrected chi connectivity index (χ0v) is 9.39. The van der Waals surface area contributed by atoms with Gasteiger partial charge in [-0.05, 0) is 0 Å². The second-order valence-electron chi connectivity index (χ2n) is 4.49. The van der Waals surface area contributed by atoms with E-state index in [-0.39, 0.29) is 0 Å². The van der Waals surface area contributed by atoms with Crippen LogP contribution in [0.5, 0.6) is 0 Å². The molecule has 0 aliphatic rings. The molecule has 0 atom stereocenters. The third kappa shape index (κ3) is 2.90. The summed E-state index contributed by atoms with van der Waals surface area (Å²) in [5.74, 6) is 1.27. The molecule has 0 N–H and O–H groups in total. The summed E-state index contributed by atoms with van der Waals surface area (Å²) in [5, 5.41) is 0. The summed E-state index contributed by atoms with van der Waals surface area (Å²) in [6.45, 7) is 9.00. The van der Waals surface area contributed by atoms with Gasteiger partial charge >= 0.3 is 90.8 Å². The second-order valence-corrected chi connectivity index (χ2v) is 4.49. The molecule has 0 saturated heterocycles. The summed E-state index contributed by atoms with van der Waals surface area (Å²) in [6.07, 6.45) is 0. The molecule has 1 aromatic rings. The summed E-state index contributed by atoms with van der Waals surface area (Å²) in [6, 6.07) is 6.91. The Balaban J connectivity index is 3.11. The van der Waals surface area contributed by atoms with Crippen LogP contribution < -0.4 is 4.24 Å². The van der Waals surface area contributed by atoms with Gasteiger partial charge < -0.3 is 0 Å². The van der Waals surface area contributed by atoms with Crippen molar-refractivity contribution >= 4 is 22.0 Å². The van der Waals surface area contributed by atoms with Gasteiger partial charge in [0.05, 0.1) is 0 Å². The van der Waals surface area contributed by atoms with Crippen LogP contribution in [0.3, 0.4) is 0 Å². The van der Waals surface area contributed by atoms with Crippen LogP contribution in [-0.2, 0) is 0 Å². The Bertz CT molecular complexity index is 261.